The minimum atomic E-state index is -4.65. The molecule has 1 aliphatic heterocycles. The molecule has 0 spiro atoms. The molecule has 2 unspecified atom stereocenters. The van der Waals surface area contributed by atoms with E-state index < -0.39 is 24.2 Å². The number of rotatable bonds is 5. The third-order valence-corrected chi connectivity index (χ3v) is 5.99. The van der Waals surface area contributed by atoms with Crippen LogP contribution in [0.5, 0.6) is 11.5 Å². The zero-order valence-corrected chi connectivity index (χ0v) is 19.3. The summed E-state index contributed by atoms with van der Waals surface area (Å²) in [7, 11) is 2.89. The first-order valence-electron chi connectivity index (χ1n) is 9.89. The zero-order chi connectivity index (χ0) is 24.6. The number of fused-ring (bicyclic) bond motifs is 1. The van der Waals surface area contributed by atoms with E-state index in [4.69, 9.17) is 32.7 Å². The Bertz CT molecular complexity index is 1230. The second-order valence-electron chi connectivity index (χ2n) is 7.36. The van der Waals surface area contributed by atoms with Crippen LogP contribution in [0.1, 0.15) is 34.6 Å². The number of pyridine rings is 1. The lowest BCUT2D eigenvalue weighted by atomic mass is 9.96. The molecule has 4 rings (SSSR count). The highest BCUT2D eigenvalue weighted by molar-refractivity contribution is 6.37. The highest BCUT2D eigenvalue weighted by Gasteiger charge is 2.48. The zero-order valence-electron chi connectivity index (χ0n) is 17.8. The largest absolute Gasteiger partial charge is 0.493 e. The van der Waals surface area contributed by atoms with Gasteiger partial charge in [-0.2, -0.15) is 18.3 Å². The minimum Gasteiger partial charge on any atom is -0.493 e. The molecule has 2 N–H and O–H groups in total. The number of methoxy groups -OCH3 is 2. The van der Waals surface area contributed by atoms with Crippen LogP contribution >= 0.6 is 23.2 Å². The molecule has 0 aliphatic carbocycles. The van der Waals surface area contributed by atoms with Crippen molar-refractivity contribution in [3.05, 3.63) is 58.0 Å². The number of ether oxygens (including phenoxy) is 2. The van der Waals surface area contributed by atoms with Crippen molar-refractivity contribution in [2.45, 2.75) is 24.7 Å². The lowest BCUT2D eigenvalue weighted by Crippen LogP contribution is -2.35. The molecule has 1 amide bonds. The molecule has 2 atom stereocenters. The van der Waals surface area contributed by atoms with Crippen molar-refractivity contribution in [1.82, 2.24) is 14.8 Å². The fraction of sp³-hybridized carbons (Fsp3) is 0.286. The number of anilines is 2. The lowest BCUT2D eigenvalue weighted by molar-refractivity contribution is -0.173. The van der Waals surface area contributed by atoms with Crippen LogP contribution < -0.4 is 20.1 Å². The highest BCUT2D eigenvalue weighted by Crippen LogP contribution is 2.47. The minimum absolute atomic E-state index is 0.00996. The van der Waals surface area contributed by atoms with Gasteiger partial charge in [0.15, 0.2) is 28.4 Å². The van der Waals surface area contributed by atoms with Gasteiger partial charge in [-0.05, 0) is 29.8 Å². The number of carbonyl (C=O) groups excluding carboxylic acids is 1. The molecule has 0 bridgehead atoms. The number of nitrogens with zero attached hydrogens (tertiary/aromatic N) is 3. The van der Waals surface area contributed by atoms with Crippen molar-refractivity contribution in [2.75, 3.05) is 24.9 Å². The Labute approximate surface area is 202 Å². The van der Waals surface area contributed by atoms with E-state index in [0.717, 1.165) is 0 Å². The van der Waals surface area contributed by atoms with Gasteiger partial charge in [0.2, 0.25) is 0 Å². The summed E-state index contributed by atoms with van der Waals surface area (Å²) in [6.45, 7) is 0. The Kier molecular flexibility index (Phi) is 6.50. The van der Waals surface area contributed by atoms with Gasteiger partial charge < -0.3 is 20.1 Å². The molecule has 0 saturated heterocycles. The van der Waals surface area contributed by atoms with Crippen LogP contribution in [0.15, 0.2) is 36.5 Å². The second kappa shape index (κ2) is 9.22. The molecule has 8 nitrogen and oxygen atoms in total. The highest BCUT2D eigenvalue weighted by atomic mass is 35.5. The van der Waals surface area contributed by atoms with E-state index in [1.807, 2.05) is 0 Å². The summed E-state index contributed by atoms with van der Waals surface area (Å²) in [5, 5.41) is 9.10. The quantitative estimate of drug-likeness (QED) is 0.435. The molecule has 0 fully saturated rings. The first kappa shape index (κ1) is 24.0. The first-order valence-corrected chi connectivity index (χ1v) is 10.6. The van der Waals surface area contributed by atoms with E-state index in [0.29, 0.717) is 21.7 Å². The normalized spacial score (nSPS) is 17.5. The van der Waals surface area contributed by atoms with E-state index in [1.54, 1.807) is 18.2 Å². The summed E-state index contributed by atoms with van der Waals surface area (Å²) in [5.74, 6) is -0.154. The smallest absolute Gasteiger partial charge is 0.410 e. The number of alkyl halides is 3. The topological polar surface area (TPSA) is 90.3 Å². The van der Waals surface area contributed by atoms with Gasteiger partial charge >= 0.3 is 6.18 Å². The number of nitrogens with one attached hydrogen (secondary N) is 2. The van der Waals surface area contributed by atoms with Gasteiger partial charge in [-0.1, -0.05) is 29.3 Å². The van der Waals surface area contributed by atoms with Gasteiger partial charge in [-0.15, -0.1) is 0 Å². The average Bonchev–Trinajstić information content (AvgIpc) is 3.15. The Morgan fingerprint density at radius 1 is 1.21 bits per heavy atom. The monoisotopic (exact) mass is 515 g/mol. The number of aromatic nitrogens is 3. The van der Waals surface area contributed by atoms with Crippen LogP contribution in [0.2, 0.25) is 10.2 Å². The van der Waals surface area contributed by atoms with Crippen molar-refractivity contribution in [3.63, 3.8) is 0 Å². The number of amides is 1. The molecule has 2 aromatic heterocycles. The predicted octanol–water partition coefficient (Wildman–Crippen LogP) is 5.51. The number of hydrogen-bond donors (Lipinski definition) is 2. The molecule has 34 heavy (non-hydrogen) atoms. The van der Waals surface area contributed by atoms with E-state index in [-0.39, 0.29) is 33.8 Å². The van der Waals surface area contributed by atoms with Crippen LogP contribution in [0.3, 0.4) is 0 Å². The second-order valence-corrected chi connectivity index (χ2v) is 8.09. The molecule has 0 radical (unpaired) electrons. The number of benzene rings is 1. The SMILES string of the molecule is COc1ccc(C2CC(C(F)(F)F)n3nc(C(=O)Nc4cccnc4Cl)c(Cl)c3N2)cc1OC. The molecular formula is C21H18Cl2F3N5O3. The van der Waals surface area contributed by atoms with Gasteiger partial charge in [0.25, 0.3) is 5.91 Å². The third kappa shape index (κ3) is 4.45. The number of carbonyl (C=O) groups is 1. The van der Waals surface area contributed by atoms with Crippen LogP contribution in [0.25, 0.3) is 0 Å². The molecule has 13 heteroatoms. The molecule has 3 aromatic rings. The van der Waals surface area contributed by atoms with Crippen molar-refractivity contribution < 1.29 is 27.4 Å². The maximum atomic E-state index is 14.0. The third-order valence-electron chi connectivity index (χ3n) is 5.33. The maximum absolute atomic E-state index is 14.0. The Morgan fingerprint density at radius 3 is 2.59 bits per heavy atom. The fourth-order valence-electron chi connectivity index (χ4n) is 3.68. The summed E-state index contributed by atoms with van der Waals surface area (Å²) >= 11 is 12.3. The molecule has 0 saturated carbocycles. The van der Waals surface area contributed by atoms with Crippen molar-refractivity contribution >= 4 is 40.6 Å². The maximum Gasteiger partial charge on any atom is 0.410 e. The summed E-state index contributed by atoms with van der Waals surface area (Å²) in [6, 6.07) is 5.02. The van der Waals surface area contributed by atoms with E-state index in [2.05, 4.69) is 20.7 Å². The Balaban J connectivity index is 1.72. The molecule has 180 valence electrons. The van der Waals surface area contributed by atoms with Crippen molar-refractivity contribution in [2.24, 2.45) is 0 Å². The summed E-state index contributed by atoms with van der Waals surface area (Å²) in [4.78, 5) is 16.6. The Hall–Kier alpha value is -3.18. The van der Waals surface area contributed by atoms with E-state index in [9.17, 15) is 18.0 Å². The molecular weight excluding hydrogens is 498 g/mol. The van der Waals surface area contributed by atoms with Crippen molar-refractivity contribution in [3.8, 4) is 11.5 Å². The number of hydrogen-bond acceptors (Lipinski definition) is 6. The van der Waals surface area contributed by atoms with Gasteiger partial charge in [0.1, 0.15) is 10.8 Å². The van der Waals surface area contributed by atoms with Gasteiger partial charge in [-0.3, -0.25) is 4.79 Å². The number of halogens is 5. The molecule has 3 heterocycles. The predicted molar refractivity (Wildman–Crippen MR) is 120 cm³/mol. The van der Waals surface area contributed by atoms with Gasteiger partial charge in [0, 0.05) is 12.6 Å². The summed E-state index contributed by atoms with van der Waals surface area (Å²) in [5.41, 5.74) is 0.301. The van der Waals surface area contributed by atoms with Gasteiger partial charge in [0.05, 0.1) is 25.9 Å². The van der Waals surface area contributed by atoms with Crippen LogP contribution in [-0.2, 0) is 0 Å². The van der Waals surface area contributed by atoms with E-state index >= 15 is 0 Å². The van der Waals surface area contributed by atoms with Crippen LogP contribution in [0.4, 0.5) is 24.7 Å². The standard InChI is InChI=1S/C21H18Cl2F3N5O3/c1-33-13-6-5-10(8-14(13)34-2)12-9-15(21(24,25)26)31-19(28-12)16(22)17(30-31)20(32)29-11-4-3-7-27-18(11)23/h3-8,12,15,28H,9H2,1-2H3,(H,29,32). The van der Waals surface area contributed by atoms with Gasteiger partial charge in [-0.25, -0.2) is 9.67 Å². The lowest BCUT2D eigenvalue weighted by Gasteiger charge is -2.33. The van der Waals surface area contributed by atoms with Crippen LogP contribution in [0, 0.1) is 0 Å². The van der Waals surface area contributed by atoms with Crippen LogP contribution in [-0.4, -0.2) is 41.1 Å². The molecule has 1 aromatic carbocycles. The molecule has 1 aliphatic rings. The summed E-state index contributed by atoms with van der Waals surface area (Å²) < 4.78 is 53.2. The fourth-order valence-corrected chi connectivity index (χ4v) is 4.11. The summed E-state index contributed by atoms with van der Waals surface area (Å²) in [6.07, 6.45) is -3.62. The van der Waals surface area contributed by atoms with Crippen molar-refractivity contribution in [1.29, 1.82) is 0 Å². The average molecular weight is 516 g/mol. The van der Waals surface area contributed by atoms with E-state index in [1.165, 1.54) is 32.5 Å². The first-order chi connectivity index (χ1) is 16.1. The Morgan fingerprint density at radius 2 is 1.94 bits per heavy atom.